The van der Waals surface area contributed by atoms with Crippen LogP contribution in [0, 0.1) is 0 Å². The second-order valence-electron chi connectivity index (χ2n) is 3.58. The van der Waals surface area contributed by atoms with Gasteiger partial charge in [0.15, 0.2) is 11.5 Å². The summed E-state index contributed by atoms with van der Waals surface area (Å²) in [5, 5.41) is 19.4. The summed E-state index contributed by atoms with van der Waals surface area (Å²) in [6, 6.07) is 3.81. The van der Waals surface area contributed by atoms with Gasteiger partial charge in [0.2, 0.25) is 0 Å². The van der Waals surface area contributed by atoms with Gasteiger partial charge < -0.3 is 10.2 Å². The highest BCUT2D eigenvalue weighted by Gasteiger charge is 2.09. The molecule has 2 nitrogen and oxygen atoms in total. The van der Waals surface area contributed by atoms with Crippen LogP contribution in [0.4, 0.5) is 0 Å². The standard InChI is InChI=1S/C12H18O2/c1-3-5-9-7-8-10(6-4-2)12(14)11(9)13/h7-8,13-14H,3-6H2,1-2H3. The maximum Gasteiger partial charge on any atom is 0.160 e. The largest absolute Gasteiger partial charge is 0.504 e. The molecule has 0 heterocycles. The molecule has 2 heteroatoms. The first-order valence-corrected chi connectivity index (χ1v) is 5.23. The zero-order valence-corrected chi connectivity index (χ0v) is 8.88. The van der Waals surface area contributed by atoms with E-state index in [2.05, 4.69) is 13.8 Å². The van der Waals surface area contributed by atoms with Crippen molar-refractivity contribution in [3.05, 3.63) is 23.3 Å². The number of hydrogen-bond acceptors (Lipinski definition) is 2. The quantitative estimate of drug-likeness (QED) is 0.723. The molecule has 0 unspecified atom stereocenters. The number of hydrogen-bond donors (Lipinski definition) is 2. The van der Waals surface area contributed by atoms with Crippen molar-refractivity contribution in [3.8, 4) is 11.5 Å². The topological polar surface area (TPSA) is 40.5 Å². The smallest absolute Gasteiger partial charge is 0.160 e. The lowest BCUT2D eigenvalue weighted by Crippen LogP contribution is -1.90. The van der Waals surface area contributed by atoms with Gasteiger partial charge in [0.05, 0.1) is 0 Å². The fourth-order valence-electron chi connectivity index (χ4n) is 1.61. The van der Waals surface area contributed by atoms with Gasteiger partial charge in [-0.05, 0) is 24.0 Å². The maximum absolute atomic E-state index is 9.69. The molecule has 0 saturated heterocycles. The Morgan fingerprint density at radius 1 is 0.857 bits per heavy atom. The summed E-state index contributed by atoms with van der Waals surface area (Å²) >= 11 is 0. The third kappa shape index (κ3) is 2.19. The molecular formula is C12H18O2. The predicted octanol–water partition coefficient (Wildman–Crippen LogP) is 3.00. The van der Waals surface area contributed by atoms with Crippen LogP contribution in [0.2, 0.25) is 0 Å². The van der Waals surface area contributed by atoms with Gasteiger partial charge >= 0.3 is 0 Å². The lowest BCUT2D eigenvalue weighted by Gasteiger charge is -2.09. The minimum Gasteiger partial charge on any atom is -0.504 e. The molecule has 2 N–H and O–H groups in total. The van der Waals surface area contributed by atoms with Crippen molar-refractivity contribution in [1.82, 2.24) is 0 Å². The minimum absolute atomic E-state index is 0.0674. The van der Waals surface area contributed by atoms with Gasteiger partial charge in [-0.3, -0.25) is 0 Å². The Hall–Kier alpha value is -1.18. The SMILES string of the molecule is CCCc1ccc(CCC)c(O)c1O. The summed E-state index contributed by atoms with van der Waals surface area (Å²) in [4.78, 5) is 0. The summed E-state index contributed by atoms with van der Waals surface area (Å²) < 4.78 is 0. The molecule has 1 aromatic carbocycles. The van der Waals surface area contributed by atoms with E-state index in [0.717, 1.165) is 36.8 Å². The van der Waals surface area contributed by atoms with Crippen LogP contribution >= 0.6 is 0 Å². The van der Waals surface area contributed by atoms with Gasteiger partial charge in [0, 0.05) is 0 Å². The molecule has 0 aromatic heterocycles. The Morgan fingerprint density at radius 3 is 1.50 bits per heavy atom. The van der Waals surface area contributed by atoms with E-state index in [1.165, 1.54) is 0 Å². The molecule has 0 aliphatic rings. The Labute approximate surface area is 85.2 Å². The molecule has 0 saturated carbocycles. The fraction of sp³-hybridized carbons (Fsp3) is 0.500. The Bertz CT molecular complexity index is 274. The monoisotopic (exact) mass is 194 g/mol. The van der Waals surface area contributed by atoms with Crippen molar-refractivity contribution in [2.75, 3.05) is 0 Å². The molecule has 0 aliphatic heterocycles. The van der Waals surface area contributed by atoms with E-state index in [4.69, 9.17) is 0 Å². The normalized spacial score (nSPS) is 10.4. The van der Waals surface area contributed by atoms with Crippen LogP contribution in [0.5, 0.6) is 11.5 Å². The molecule has 0 amide bonds. The highest BCUT2D eigenvalue weighted by molar-refractivity contribution is 5.50. The van der Waals surface area contributed by atoms with E-state index in [1.54, 1.807) is 0 Å². The number of phenols is 2. The zero-order chi connectivity index (χ0) is 10.6. The second kappa shape index (κ2) is 4.89. The molecule has 1 rings (SSSR count). The summed E-state index contributed by atoms with van der Waals surface area (Å²) in [5.41, 5.74) is 1.68. The first kappa shape index (κ1) is 10.9. The molecule has 0 bridgehead atoms. The van der Waals surface area contributed by atoms with Gasteiger partial charge in [-0.25, -0.2) is 0 Å². The van der Waals surface area contributed by atoms with Gasteiger partial charge in [-0.2, -0.15) is 0 Å². The predicted molar refractivity (Wildman–Crippen MR) is 57.8 cm³/mol. The third-order valence-electron chi connectivity index (χ3n) is 2.36. The van der Waals surface area contributed by atoms with Crippen LogP contribution in [0.25, 0.3) is 0 Å². The van der Waals surface area contributed by atoms with E-state index >= 15 is 0 Å². The van der Waals surface area contributed by atoms with Crippen molar-refractivity contribution >= 4 is 0 Å². The molecule has 0 radical (unpaired) electrons. The summed E-state index contributed by atoms with van der Waals surface area (Å²) in [7, 11) is 0. The van der Waals surface area contributed by atoms with E-state index < -0.39 is 0 Å². The van der Waals surface area contributed by atoms with E-state index in [0.29, 0.717) is 0 Å². The van der Waals surface area contributed by atoms with Gasteiger partial charge in [0.25, 0.3) is 0 Å². The van der Waals surface area contributed by atoms with Crippen molar-refractivity contribution < 1.29 is 10.2 Å². The van der Waals surface area contributed by atoms with Crippen LogP contribution in [-0.4, -0.2) is 10.2 Å². The van der Waals surface area contributed by atoms with E-state index in [9.17, 15) is 10.2 Å². The van der Waals surface area contributed by atoms with Crippen molar-refractivity contribution in [3.63, 3.8) is 0 Å². The summed E-state index contributed by atoms with van der Waals surface area (Å²) in [5.74, 6) is 0.135. The van der Waals surface area contributed by atoms with Gasteiger partial charge in [0.1, 0.15) is 0 Å². The first-order valence-electron chi connectivity index (χ1n) is 5.23. The fourth-order valence-corrected chi connectivity index (χ4v) is 1.61. The number of benzene rings is 1. The Kier molecular flexibility index (Phi) is 3.81. The summed E-state index contributed by atoms with van der Waals surface area (Å²) in [6.45, 7) is 4.10. The molecule has 0 atom stereocenters. The molecule has 0 spiro atoms. The van der Waals surface area contributed by atoms with Crippen molar-refractivity contribution in [2.24, 2.45) is 0 Å². The minimum atomic E-state index is 0.0674. The van der Waals surface area contributed by atoms with Crippen molar-refractivity contribution in [1.29, 1.82) is 0 Å². The Balaban J connectivity index is 2.99. The number of phenolic OH excluding ortho intramolecular Hbond substituents is 2. The molecule has 1 aromatic rings. The lowest BCUT2D eigenvalue weighted by molar-refractivity contribution is 0.394. The number of aryl methyl sites for hydroxylation is 2. The molecule has 0 fully saturated rings. The highest BCUT2D eigenvalue weighted by atomic mass is 16.3. The van der Waals surface area contributed by atoms with Crippen molar-refractivity contribution in [2.45, 2.75) is 39.5 Å². The molecular weight excluding hydrogens is 176 g/mol. The van der Waals surface area contributed by atoms with E-state index in [-0.39, 0.29) is 11.5 Å². The lowest BCUT2D eigenvalue weighted by atomic mass is 10.0. The highest BCUT2D eigenvalue weighted by Crippen LogP contribution is 2.33. The van der Waals surface area contributed by atoms with Gasteiger partial charge in [-0.1, -0.05) is 38.8 Å². The van der Waals surface area contributed by atoms with Crippen LogP contribution < -0.4 is 0 Å². The van der Waals surface area contributed by atoms with Crippen LogP contribution in [0.3, 0.4) is 0 Å². The first-order chi connectivity index (χ1) is 6.70. The van der Waals surface area contributed by atoms with E-state index in [1.807, 2.05) is 12.1 Å². The van der Waals surface area contributed by atoms with Crippen LogP contribution in [-0.2, 0) is 12.8 Å². The van der Waals surface area contributed by atoms with Gasteiger partial charge in [-0.15, -0.1) is 0 Å². The third-order valence-corrected chi connectivity index (χ3v) is 2.36. The second-order valence-corrected chi connectivity index (χ2v) is 3.58. The number of aromatic hydroxyl groups is 2. The average Bonchev–Trinajstić information content (AvgIpc) is 2.18. The molecule has 0 aliphatic carbocycles. The molecule has 78 valence electrons. The Morgan fingerprint density at radius 2 is 1.21 bits per heavy atom. The number of rotatable bonds is 4. The molecule has 14 heavy (non-hydrogen) atoms. The summed E-state index contributed by atoms with van der Waals surface area (Å²) in [6.07, 6.45) is 3.57. The maximum atomic E-state index is 9.69. The zero-order valence-electron chi connectivity index (χ0n) is 8.88. The van der Waals surface area contributed by atoms with Crippen LogP contribution in [0.1, 0.15) is 37.8 Å². The van der Waals surface area contributed by atoms with Crippen LogP contribution in [0.15, 0.2) is 12.1 Å². The average molecular weight is 194 g/mol.